The number of pyridine rings is 1. The minimum Gasteiger partial charge on any atom is -0.384 e. The van der Waals surface area contributed by atoms with Crippen LogP contribution in [0.2, 0.25) is 0 Å². The van der Waals surface area contributed by atoms with Gasteiger partial charge in [-0.2, -0.15) is 4.39 Å². The maximum absolute atomic E-state index is 13.2. The van der Waals surface area contributed by atoms with Crippen molar-refractivity contribution in [2.45, 2.75) is 29.9 Å². The van der Waals surface area contributed by atoms with Gasteiger partial charge in [0, 0.05) is 37.0 Å². The van der Waals surface area contributed by atoms with E-state index in [-0.39, 0.29) is 22.9 Å². The molecule has 204 valence electrons. The first-order chi connectivity index (χ1) is 18.7. The Morgan fingerprint density at radius 1 is 1.08 bits per heavy atom. The van der Waals surface area contributed by atoms with Crippen LogP contribution in [0.4, 0.5) is 15.9 Å². The number of hydrogen-bond acceptors (Lipinski definition) is 9. The topological polar surface area (TPSA) is 117 Å². The fraction of sp³-hybridized carbons (Fsp3) is 0.333. The third kappa shape index (κ3) is 6.23. The molecule has 2 aliphatic heterocycles. The number of hydrogen-bond donors (Lipinski definition) is 1. The summed E-state index contributed by atoms with van der Waals surface area (Å²) in [6.07, 6.45) is 3.65. The van der Waals surface area contributed by atoms with Crippen LogP contribution in [-0.4, -0.2) is 67.8 Å². The van der Waals surface area contributed by atoms with Crippen LogP contribution in [0.1, 0.15) is 34.3 Å². The van der Waals surface area contributed by atoms with Crippen molar-refractivity contribution in [3.05, 3.63) is 70.5 Å². The molecule has 0 saturated carbocycles. The lowest BCUT2D eigenvalue weighted by Crippen LogP contribution is -2.43. The molecule has 1 fully saturated rings. The number of amides is 2. The largest absolute Gasteiger partial charge is 0.384 e. The summed E-state index contributed by atoms with van der Waals surface area (Å²) in [6, 6.07) is 10.5. The van der Waals surface area contributed by atoms with Crippen molar-refractivity contribution in [2.75, 3.05) is 42.1 Å². The van der Waals surface area contributed by atoms with Crippen molar-refractivity contribution in [3.8, 4) is 0 Å². The number of anilines is 2. The molecule has 39 heavy (non-hydrogen) atoms. The first-order valence-corrected chi connectivity index (χ1v) is 15.1. The number of ketones is 1. The number of carbonyl (C=O) groups excluding carboxylic acids is 3. The molecule has 0 bridgehead atoms. The highest BCUT2D eigenvalue weighted by molar-refractivity contribution is 7.94. The monoisotopic (exact) mass is 570 g/mol. The molecule has 9 nitrogen and oxygen atoms in total. The second kappa shape index (κ2) is 11.3. The molecule has 1 N–H and O–H groups in total. The van der Waals surface area contributed by atoms with E-state index in [4.69, 9.17) is 0 Å². The van der Waals surface area contributed by atoms with Crippen molar-refractivity contribution < 1.29 is 27.2 Å². The van der Waals surface area contributed by atoms with Gasteiger partial charge in [0.05, 0.1) is 6.42 Å². The maximum atomic E-state index is 13.2. The van der Waals surface area contributed by atoms with Gasteiger partial charge in [0.2, 0.25) is 5.91 Å². The molecule has 0 radical (unpaired) electrons. The van der Waals surface area contributed by atoms with Crippen LogP contribution in [0, 0.1) is 5.13 Å². The average Bonchev–Trinajstić information content (AvgIpc) is 3.57. The SMILES string of the molecule is O=C(Cc1ccc(N2C(=O)Cc3cc(NCCN4CCCC4)ccc3C2=O)nc1)CS(=O)(=O)c1ccc(F)s1. The molecular weight excluding hydrogens is 543 g/mol. The highest BCUT2D eigenvalue weighted by Gasteiger charge is 2.33. The van der Waals surface area contributed by atoms with E-state index in [1.54, 1.807) is 6.07 Å². The van der Waals surface area contributed by atoms with Crippen LogP contribution in [0.3, 0.4) is 0 Å². The Morgan fingerprint density at radius 3 is 2.56 bits per heavy atom. The lowest BCUT2D eigenvalue weighted by Gasteiger charge is -2.26. The summed E-state index contributed by atoms with van der Waals surface area (Å²) in [5.74, 6) is -2.10. The van der Waals surface area contributed by atoms with Gasteiger partial charge in [-0.05, 0) is 73.5 Å². The number of nitrogens with zero attached hydrogens (tertiary/aromatic N) is 3. The van der Waals surface area contributed by atoms with Crippen LogP contribution in [0.5, 0.6) is 0 Å². The number of thiophene rings is 1. The summed E-state index contributed by atoms with van der Waals surface area (Å²) in [7, 11) is -3.94. The number of sulfone groups is 1. The quantitative estimate of drug-likeness (QED) is 0.370. The minimum atomic E-state index is -3.94. The maximum Gasteiger partial charge on any atom is 0.266 e. The van der Waals surface area contributed by atoms with Crippen molar-refractivity contribution in [3.63, 3.8) is 0 Å². The number of carbonyl (C=O) groups is 3. The molecule has 12 heteroatoms. The zero-order valence-corrected chi connectivity index (χ0v) is 22.7. The van der Waals surface area contributed by atoms with Crippen LogP contribution in [0.25, 0.3) is 0 Å². The first-order valence-electron chi connectivity index (χ1n) is 12.6. The third-order valence-corrected chi connectivity index (χ3v) is 9.86. The lowest BCUT2D eigenvalue weighted by molar-refractivity contribution is -0.118. The van der Waals surface area contributed by atoms with Gasteiger partial charge < -0.3 is 10.2 Å². The van der Waals surface area contributed by atoms with Gasteiger partial charge in [-0.15, -0.1) is 0 Å². The number of nitrogens with one attached hydrogen (secondary N) is 1. The second-order valence-corrected chi connectivity index (χ2v) is 12.9. The molecule has 2 amide bonds. The zero-order valence-electron chi connectivity index (χ0n) is 21.1. The number of fused-ring (bicyclic) bond motifs is 1. The van der Waals surface area contributed by atoms with Crippen LogP contribution in [-0.2, 0) is 32.3 Å². The van der Waals surface area contributed by atoms with E-state index in [2.05, 4.69) is 15.2 Å². The van der Waals surface area contributed by atoms with Gasteiger partial charge in [-0.1, -0.05) is 17.4 Å². The Hall–Kier alpha value is -3.48. The van der Waals surface area contributed by atoms with Crippen LogP contribution < -0.4 is 10.2 Å². The summed E-state index contributed by atoms with van der Waals surface area (Å²) < 4.78 is 37.6. The molecule has 0 spiro atoms. The van der Waals surface area contributed by atoms with Crippen molar-refractivity contribution >= 4 is 50.3 Å². The third-order valence-electron chi connectivity index (χ3n) is 6.73. The van der Waals surface area contributed by atoms with Gasteiger partial charge in [0.15, 0.2) is 20.8 Å². The first kappa shape index (κ1) is 27.1. The molecule has 0 unspecified atom stereocenters. The Morgan fingerprint density at radius 2 is 1.87 bits per heavy atom. The number of benzene rings is 1. The summed E-state index contributed by atoms with van der Waals surface area (Å²) in [4.78, 5) is 46.1. The molecule has 1 saturated heterocycles. The Labute approximate surface area is 229 Å². The van der Waals surface area contributed by atoms with Gasteiger partial charge >= 0.3 is 0 Å². The van der Waals surface area contributed by atoms with Gasteiger partial charge in [-0.3, -0.25) is 14.4 Å². The van der Waals surface area contributed by atoms with Crippen molar-refractivity contribution in [1.29, 1.82) is 0 Å². The van der Waals surface area contributed by atoms with E-state index in [0.29, 0.717) is 28.0 Å². The number of likely N-dealkylation sites (tertiary alicyclic amines) is 1. The van der Waals surface area contributed by atoms with Gasteiger partial charge in [0.25, 0.3) is 5.91 Å². The number of Topliss-reactive ketones (excluding diaryl/α,β-unsaturated/α-hetero) is 1. The van der Waals surface area contributed by atoms with E-state index in [9.17, 15) is 27.2 Å². The normalized spacial score (nSPS) is 16.0. The smallest absolute Gasteiger partial charge is 0.266 e. The van der Waals surface area contributed by atoms with Crippen LogP contribution >= 0.6 is 11.3 Å². The average molecular weight is 571 g/mol. The van der Waals surface area contributed by atoms with E-state index >= 15 is 0 Å². The van der Waals surface area contributed by atoms with Crippen molar-refractivity contribution in [1.82, 2.24) is 9.88 Å². The number of rotatable bonds is 10. The van der Waals surface area contributed by atoms with Gasteiger partial charge in [-0.25, -0.2) is 18.3 Å². The summed E-state index contributed by atoms with van der Waals surface area (Å²) in [6.45, 7) is 3.97. The molecule has 2 aromatic heterocycles. The predicted molar refractivity (Wildman–Crippen MR) is 145 cm³/mol. The van der Waals surface area contributed by atoms with Gasteiger partial charge in [0.1, 0.15) is 15.8 Å². The van der Waals surface area contributed by atoms with E-state index < -0.39 is 38.3 Å². The standard InChI is InChI=1S/C27H27FN4O5S2/c28-23-6-8-26(38-23)39(36,37)17-21(33)13-18-3-7-24(30-16-18)32-25(34)15-19-14-20(4-5-22(19)27(32)35)29-9-12-31-10-1-2-11-31/h3-8,14,16,29H,1-2,9-13,15,17H2. The summed E-state index contributed by atoms with van der Waals surface area (Å²) >= 11 is 0.471. The molecular formula is C27H27FN4O5S2. The highest BCUT2D eigenvalue weighted by Crippen LogP contribution is 2.27. The highest BCUT2D eigenvalue weighted by atomic mass is 32.2. The fourth-order valence-corrected chi connectivity index (χ4v) is 7.14. The van der Waals surface area contributed by atoms with E-state index in [1.165, 1.54) is 31.2 Å². The summed E-state index contributed by atoms with van der Waals surface area (Å²) in [5.41, 5.74) is 2.37. The summed E-state index contributed by atoms with van der Waals surface area (Å²) in [5, 5.41) is 2.73. The molecule has 1 aromatic carbocycles. The minimum absolute atomic E-state index is 0.0474. The Kier molecular flexibility index (Phi) is 7.87. The zero-order chi connectivity index (χ0) is 27.6. The molecule has 4 heterocycles. The van der Waals surface area contributed by atoms with E-state index in [1.807, 2.05) is 12.1 Å². The second-order valence-electron chi connectivity index (χ2n) is 9.62. The predicted octanol–water partition coefficient (Wildman–Crippen LogP) is 3.10. The molecule has 5 rings (SSSR count). The van der Waals surface area contributed by atoms with Crippen molar-refractivity contribution in [2.24, 2.45) is 0 Å². The van der Waals surface area contributed by atoms with E-state index in [0.717, 1.165) is 48.9 Å². The fourth-order valence-electron chi connectivity index (χ4n) is 4.81. The Balaban J connectivity index is 1.21. The van der Waals surface area contributed by atoms with Crippen LogP contribution in [0.15, 0.2) is 52.9 Å². The molecule has 0 aliphatic carbocycles. The number of aromatic nitrogens is 1. The number of halogens is 1. The lowest BCUT2D eigenvalue weighted by atomic mass is 9.97. The Bertz CT molecular complexity index is 1520. The number of imide groups is 1. The molecule has 2 aliphatic rings. The molecule has 0 atom stereocenters. The molecule has 3 aromatic rings.